The molecule has 2 aromatic rings. The van der Waals surface area contributed by atoms with Gasteiger partial charge in [-0.3, -0.25) is 9.59 Å². The zero-order valence-corrected chi connectivity index (χ0v) is 14.9. The van der Waals surface area contributed by atoms with Crippen LogP contribution in [0.2, 0.25) is 0 Å². The van der Waals surface area contributed by atoms with Gasteiger partial charge in [-0.05, 0) is 24.6 Å². The lowest BCUT2D eigenvalue weighted by molar-refractivity contribution is -0.126. The van der Waals surface area contributed by atoms with Gasteiger partial charge in [0.1, 0.15) is 0 Å². The standard InChI is InChI=1S/C21H24N2O3/c1-15-7-9-19(10-8-15)23-13-17(11-20(23)25)21(26)22-12-18(14-24)16-5-3-2-4-6-16/h2-10,17-18,24H,11-14H2,1H3,(H,22,26)/t17-,18+/m0/s1. The number of rotatable bonds is 6. The van der Waals surface area contributed by atoms with Crippen LogP contribution in [-0.4, -0.2) is 36.6 Å². The van der Waals surface area contributed by atoms with Gasteiger partial charge in [-0.1, -0.05) is 48.0 Å². The van der Waals surface area contributed by atoms with Crippen LogP contribution in [0.15, 0.2) is 54.6 Å². The van der Waals surface area contributed by atoms with Gasteiger partial charge in [0.2, 0.25) is 11.8 Å². The molecule has 3 rings (SSSR count). The Kier molecular flexibility index (Phi) is 5.68. The summed E-state index contributed by atoms with van der Waals surface area (Å²) in [6, 6.07) is 17.3. The van der Waals surface area contributed by atoms with Gasteiger partial charge in [0, 0.05) is 31.1 Å². The number of anilines is 1. The molecule has 0 aliphatic carbocycles. The first-order valence-corrected chi connectivity index (χ1v) is 8.89. The van der Waals surface area contributed by atoms with E-state index >= 15 is 0 Å². The summed E-state index contributed by atoms with van der Waals surface area (Å²) in [5.74, 6) is -0.678. The Hall–Kier alpha value is -2.66. The minimum Gasteiger partial charge on any atom is -0.396 e. The quantitative estimate of drug-likeness (QED) is 0.838. The summed E-state index contributed by atoms with van der Waals surface area (Å²) in [7, 11) is 0. The smallest absolute Gasteiger partial charge is 0.227 e. The molecule has 1 heterocycles. The first kappa shape index (κ1) is 18.1. The Bertz CT molecular complexity index is 759. The van der Waals surface area contributed by atoms with Crippen molar-refractivity contribution in [2.75, 3.05) is 24.6 Å². The van der Waals surface area contributed by atoms with Gasteiger partial charge in [-0.15, -0.1) is 0 Å². The van der Waals surface area contributed by atoms with Gasteiger partial charge in [-0.25, -0.2) is 0 Å². The highest BCUT2D eigenvalue weighted by Crippen LogP contribution is 2.25. The van der Waals surface area contributed by atoms with Gasteiger partial charge in [0.25, 0.3) is 0 Å². The normalized spacial score (nSPS) is 18.0. The van der Waals surface area contributed by atoms with Crippen molar-refractivity contribution < 1.29 is 14.7 Å². The summed E-state index contributed by atoms with van der Waals surface area (Å²) in [4.78, 5) is 26.5. The molecule has 0 radical (unpaired) electrons. The van der Waals surface area contributed by atoms with Crippen molar-refractivity contribution in [2.45, 2.75) is 19.3 Å². The lowest BCUT2D eigenvalue weighted by Gasteiger charge is -2.18. The van der Waals surface area contributed by atoms with E-state index in [0.29, 0.717) is 13.1 Å². The van der Waals surface area contributed by atoms with Crippen molar-refractivity contribution in [3.8, 4) is 0 Å². The number of nitrogens with zero attached hydrogens (tertiary/aromatic N) is 1. The molecule has 5 heteroatoms. The molecule has 26 heavy (non-hydrogen) atoms. The van der Waals surface area contributed by atoms with Crippen molar-refractivity contribution in [1.29, 1.82) is 0 Å². The van der Waals surface area contributed by atoms with E-state index in [1.165, 1.54) is 0 Å². The maximum absolute atomic E-state index is 12.5. The van der Waals surface area contributed by atoms with E-state index in [4.69, 9.17) is 0 Å². The molecule has 0 unspecified atom stereocenters. The predicted octanol–water partition coefficient (Wildman–Crippen LogP) is 2.24. The molecule has 1 fully saturated rings. The Morgan fingerprint density at radius 3 is 2.54 bits per heavy atom. The molecular weight excluding hydrogens is 328 g/mol. The summed E-state index contributed by atoms with van der Waals surface area (Å²) in [6.45, 7) is 2.71. The average molecular weight is 352 g/mol. The SMILES string of the molecule is Cc1ccc(N2C[C@@H](C(=O)NC[C@H](CO)c3ccccc3)CC2=O)cc1. The monoisotopic (exact) mass is 352 g/mol. The Morgan fingerprint density at radius 2 is 1.88 bits per heavy atom. The highest BCUT2D eigenvalue weighted by molar-refractivity contribution is 6.00. The summed E-state index contributed by atoms with van der Waals surface area (Å²) < 4.78 is 0. The maximum Gasteiger partial charge on any atom is 0.227 e. The van der Waals surface area contributed by atoms with E-state index in [0.717, 1.165) is 16.8 Å². The lowest BCUT2D eigenvalue weighted by atomic mass is 9.99. The number of carbonyl (C=O) groups excluding carboxylic acids is 2. The molecule has 2 N–H and O–H groups in total. The lowest BCUT2D eigenvalue weighted by Crippen LogP contribution is -2.36. The molecule has 1 aliphatic heterocycles. The highest BCUT2D eigenvalue weighted by Gasteiger charge is 2.35. The van der Waals surface area contributed by atoms with Crippen LogP contribution in [-0.2, 0) is 9.59 Å². The van der Waals surface area contributed by atoms with Crippen molar-refractivity contribution in [1.82, 2.24) is 5.32 Å². The van der Waals surface area contributed by atoms with E-state index in [1.807, 2.05) is 61.5 Å². The second-order valence-corrected chi connectivity index (χ2v) is 6.78. The molecule has 5 nitrogen and oxygen atoms in total. The van der Waals surface area contributed by atoms with Crippen LogP contribution in [0.25, 0.3) is 0 Å². The largest absolute Gasteiger partial charge is 0.396 e. The number of nitrogens with one attached hydrogen (secondary N) is 1. The summed E-state index contributed by atoms with van der Waals surface area (Å²) >= 11 is 0. The summed E-state index contributed by atoms with van der Waals surface area (Å²) in [5, 5.41) is 12.5. The third-order valence-electron chi connectivity index (χ3n) is 4.86. The second kappa shape index (κ2) is 8.15. The molecule has 0 saturated carbocycles. The fraction of sp³-hybridized carbons (Fsp3) is 0.333. The number of hydrogen-bond acceptors (Lipinski definition) is 3. The molecule has 1 aliphatic rings. The number of carbonyl (C=O) groups is 2. The summed E-state index contributed by atoms with van der Waals surface area (Å²) in [5.41, 5.74) is 2.94. The number of benzene rings is 2. The first-order valence-electron chi connectivity index (χ1n) is 8.89. The highest BCUT2D eigenvalue weighted by atomic mass is 16.3. The third kappa shape index (κ3) is 4.11. The number of aryl methyl sites for hydroxylation is 1. The van der Waals surface area contributed by atoms with Crippen LogP contribution in [0.4, 0.5) is 5.69 Å². The average Bonchev–Trinajstić information content (AvgIpc) is 3.05. The van der Waals surface area contributed by atoms with Crippen LogP contribution in [0.1, 0.15) is 23.5 Å². The van der Waals surface area contributed by atoms with E-state index in [1.54, 1.807) is 4.90 Å². The van der Waals surface area contributed by atoms with Crippen molar-refractivity contribution in [3.05, 3.63) is 65.7 Å². The minimum absolute atomic E-state index is 0.0317. The molecular formula is C21H24N2O3. The number of hydrogen-bond donors (Lipinski definition) is 2. The van der Waals surface area contributed by atoms with Crippen LogP contribution in [0.5, 0.6) is 0 Å². The number of amides is 2. The van der Waals surface area contributed by atoms with Crippen LogP contribution < -0.4 is 10.2 Å². The fourth-order valence-electron chi connectivity index (χ4n) is 3.24. The molecule has 0 bridgehead atoms. The zero-order valence-electron chi connectivity index (χ0n) is 14.9. The van der Waals surface area contributed by atoms with Gasteiger partial charge in [0.05, 0.1) is 12.5 Å². The number of aliphatic hydroxyl groups is 1. The first-order chi connectivity index (χ1) is 12.6. The fourth-order valence-corrected chi connectivity index (χ4v) is 3.24. The Labute approximate surface area is 153 Å². The number of aliphatic hydroxyl groups excluding tert-OH is 1. The van der Waals surface area contributed by atoms with Crippen LogP contribution in [0, 0.1) is 12.8 Å². The van der Waals surface area contributed by atoms with E-state index < -0.39 is 0 Å². The van der Waals surface area contributed by atoms with Crippen molar-refractivity contribution >= 4 is 17.5 Å². The third-order valence-corrected chi connectivity index (χ3v) is 4.86. The zero-order chi connectivity index (χ0) is 18.5. The molecule has 0 spiro atoms. The van der Waals surface area contributed by atoms with Crippen molar-refractivity contribution in [2.24, 2.45) is 5.92 Å². The van der Waals surface area contributed by atoms with E-state index in [-0.39, 0.29) is 36.7 Å². The van der Waals surface area contributed by atoms with Gasteiger partial charge < -0.3 is 15.3 Å². The second-order valence-electron chi connectivity index (χ2n) is 6.78. The van der Waals surface area contributed by atoms with Gasteiger partial charge >= 0.3 is 0 Å². The van der Waals surface area contributed by atoms with Gasteiger partial charge in [0.15, 0.2) is 0 Å². The Morgan fingerprint density at radius 1 is 1.19 bits per heavy atom. The molecule has 136 valence electrons. The summed E-state index contributed by atoms with van der Waals surface area (Å²) in [6.07, 6.45) is 0.217. The molecule has 1 saturated heterocycles. The maximum atomic E-state index is 12.5. The van der Waals surface area contributed by atoms with Crippen LogP contribution in [0.3, 0.4) is 0 Å². The molecule has 2 atom stereocenters. The van der Waals surface area contributed by atoms with Gasteiger partial charge in [-0.2, -0.15) is 0 Å². The molecule has 0 aromatic heterocycles. The van der Waals surface area contributed by atoms with Crippen LogP contribution >= 0.6 is 0 Å². The Balaban J connectivity index is 1.58. The predicted molar refractivity (Wildman–Crippen MR) is 101 cm³/mol. The molecule has 2 amide bonds. The van der Waals surface area contributed by atoms with E-state index in [9.17, 15) is 14.7 Å². The topological polar surface area (TPSA) is 69.6 Å². The van der Waals surface area contributed by atoms with E-state index in [2.05, 4.69) is 5.32 Å². The molecule has 2 aromatic carbocycles. The van der Waals surface area contributed by atoms with Crippen molar-refractivity contribution in [3.63, 3.8) is 0 Å². The minimum atomic E-state index is -0.362.